The first-order valence-electron chi connectivity index (χ1n) is 7.21. The molecule has 1 aliphatic carbocycles. The van der Waals surface area contributed by atoms with Crippen LogP contribution in [0.1, 0.15) is 27.9 Å². The molecular formula is C18H18ClNO. The Morgan fingerprint density at radius 3 is 2.24 bits per heavy atom. The quantitative estimate of drug-likeness (QED) is 0.882. The highest BCUT2D eigenvalue weighted by Crippen LogP contribution is 2.56. The molecule has 2 fully saturated rings. The molecule has 1 saturated heterocycles. The fourth-order valence-electron chi connectivity index (χ4n) is 3.50. The van der Waals surface area contributed by atoms with E-state index in [2.05, 4.69) is 17.4 Å². The summed E-state index contributed by atoms with van der Waals surface area (Å²) < 4.78 is 0. The molecule has 0 radical (unpaired) electrons. The summed E-state index contributed by atoms with van der Waals surface area (Å²) in [6.45, 7) is 2.23. The van der Waals surface area contributed by atoms with Crippen molar-refractivity contribution in [3.05, 3.63) is 71.3 Å². The molecule has 2 unspecified atom stereocenters. The lowest BCUT2D eigenvalue weighted by Crippen LogP contribution is -2.19. The number of carbonyl (C=O) groups excluding carboxylic acids is 1. The van der Waals surface area contributed by atoms with Crippen LogP contribution in [0.3, 0.4) is 0 Å². The summed E-state index contributed by atoms with van der Waals surface area (Å²) in [7, 11) is 0. The summed E-state index contributed by atoms with van der Waals surface area (Å²) in [5.41, 5.74) is 3.29. The zero-order chi connectivity index (χ0) is 13.6. The zero-order valence-corrected chi connectivity index (χ0v) is 12.5. The van der Waals surface area contributed by atoms with Gasteiger partial charge in [-0.25, -0.2) is 0 Å². The van der Waals surface area contributed by atoms with E-state index in [1.807, 2.05) is 42.5 Å². The van der Waals surface area contributed by atoms with Crippen molar-refractivity contribution < 1.29 is 4.79 Å². The summed E-state index contributed by atoms with van der Waals surface area (Å²) in [4.78, 5) is 12.4. The monoisotopic (exact) mass is 299 g/mol. The van der Waals surface area contributed by atoms with Gasteiger partial charge in [0.05, 0.1) is 0 Å². The lowest BCUT2D eigenvalue weighted by atomic mass is 9.93. The van der Waals surface area contributed by atoms with Gasteiger partial charge in [-0.1, -0.05) is 54.6 Å². The van der Waals surface area contributed by atoms with Gasteiger partial charge in [-0.3, -0.25) is 4.79 Å². The van der Waals surface area contributed by atoms with Crippen LogP contribution in [-0.2, 0) is 5.41 Å². The van der Waals surface area contributed by atoms with E-state index in [9.17, 15) is 4.79 Å². The van der Waals surface area contributed by atoms with E-state index in [1.165, 1.54) is 12.0 Å². The molecule has 0 bridgehead atoms. The van der Waals surface area contributed by atoms with Crippen LogP contribution in [0.2, 0.25) is 0 Å². The molecule has 2 atom stereocenters. The van der Waals surface area contributed by atoms with E-state index in [0.29, 0.717) is 5.41 Å². The number of nitrogens with one attached hydrogen (secondary N) is 1. The minimum absolute atomic E-state index is 0. The van der Waals surface area contributed by atoms with Gasteiger partial charge in [0.2, 0.25) is 0 Å². The van der Waals surface area contributed by atoms with Gasteiger partial charge in [0.25, 0.3) is 0 Å². The molecule has 0 aromatic heterocycles. The van der Waals surface area contributed by atoms with Crippen molar-refractivity contribution in [2.45, 2.75) is 11.8 Å². The number of benzene rings is 2. The lowest BCUT2D eigenvalue weighted by molar-refractivity contribution is 0.103. The third-order valence-corrected chi connectivity index (χ3v) is 4.82. The molecule has 1 aliphatic heterocycles. The molecule has 4 rings (SSSR count). The minimum atomic E-state index is 0. The Bertz CT molecular complexity index is 653. The Balaban J connectivity index is 0.00000132. The summed E-state index contributed by atoms with van der Waals surface area (Å²) in [5.74, 6) is 0.907. The number of halogens is 1. The minimum Gasteiger partial charge on any atom is -0.316 e. The molecule has 21 heavy (non-hydrogen) atoms. The number of hydrogen-bond acceptors (Lipinski definition) is 2. The molecule has 2 aliphatic rings. The van der Waals surface area contributed by atoms with Crippen LogP contribution >= 0.6 is 12.4 Å². The molecule has 2 aromatic rings. The van der Waals surface area contributed by atoms with E-state index in [-0.39, 0.29) is 18.2 Å². The van der Waals surface area contributed by atoms with E-state index < -0.39 is 0 Å². The Kier molecular flexibility index (Phi) is 3.60. The molecule has 3 heteroatoms. The van der Waals surface area contributed by atoms with Crippen molar-refractivity contribution >= 4 is 18.2 Å². The van der Waals surface area contributed by atoms with Crippen LogP contribution in [0.25, 0.3) is 0 Å². The molecular weight excluding hydrogens is 282 g/mol. The van der Waals surface area contributed by atoms with Crippen LogP contribution < -0.4 is 5.32 Å². The van der Waals surface area contributed by atoms with Gasteiger partial charge in [-0.05, 0) is 24.4 Å². The smallest absolute Gasteiger partial charge is 0.193 e. The van der Waals surface area contributed by atoms with Crippen molar-refractivity contribution in [2.75, 3.05) is 13.1 Å². The second-order valence-electron chi connectivity index (χ2n) is 5.96. The van der Waals surface area contributed by atoms with Gasteiger partial charge in [0, 0.05) is 23.1 Å². The predicted octanol–water partition coefficient (Wildman–Crippen LogP) is 3.20. The van der Waals surface area contributed by atoms with Gasteiger partial charge in [-0.15, -0.1) is 12.4 Å². The van der Waals surface area contributed by atoms with Crippen LogP contribution in [0, 0.1) is 5.92 Å². The summed E-state index contributed by atoms with van der Waals surface area (Å²) in [5, 5.41) is 3.46. The molecule has 0 amide bonds. The van der Waals surface area contributed by atoms with E-state index >= 15 is 0 Å². The number of piperidine rings is 1. The maximum atomic E-state index is 12.4. The number of ketones is 1. The van der Waals surface area contributed by atoms with Crippen molar-refractivity contribution in [1.82, 2.24) is 5.32 Å². The lowest BCUT2D eigenvalue weighted by Gasteiger charge is -2.12. The summed E-state index contributed by atoms with van der Waals surface area (Å²) in [6.07, 6.45) is 1.30. The van der Waals surface area contributed by atoms with Crippen molar-refractivity contribution in [1.29, 1.82) is 0 Å². The van der Waals surface area contributed by atoms with Crippen LogP contribution in [-0.4, -0.2) is 18.9 Å². The van der Waals surface area contributed by atoms with E-state index in [0.717, 1.165) is 30.1 Å². The normalized spacial score (nSPS) is 25.8. The average Bonchev–Trinajstić information content (AvgIpc) is 3.09. The zero-order valence-electron chi connectivity index (χ0n) is 11.7. The molecule has 1 saturated carbocycles. The van der Waals surface area contributed by atoms with Gasteiger partial charge in [0.15, 0.2) is 5.78 Å². The first-order valence-corrected chi connectivity index (χ1v) is 7.21. The Hall–Kier alpha value is -1.64. The number of rotatable bonds is 3. The molecule has 108 valence electrons. The second kappa shape index (κ2) is 5.28. The fourth-order valence-corrected chi connectivity index (χ4v) is 3.50. The van der Waals surface area contributed by atoms with E-state index in [4.69, 9.17) is 0 Å². The molecule has 1 heterocycles. The van der Waals surface area contributed by atoms with Crippen LogP contribution in [0.15, 0.2) is 54.6 Å². The molecule has 2 aromatic carbocycles. The maximum Gasteiger partial charge on any atom is 0.193 e. The van der Waals surface area contributed by atoms with E-state index in [1.54, 1.807) is 0 Å². The average molecular weight is 300 g/mol. The maximum absolute atomic E-state index is 12.4. The number of hydrogen-bond donors (Lipinski definition) is 1. The summed E-state index contributed by atoms with van der Waals surface area (Å²) >= 11 is 0. The third kappa shape index (κ3) is 2.29. The topological polar surface area (TPSA) is 29.1 Å². The highest BCUT2D eigenvalue weighted by atomic mass is 35.5. The third-order valence-electron chi connectivity index (χ3n) is 4.82. The molecule has 0 spiro atoms. The standard InChI is InChI=1S/C18H17NO.ClH/c20-17(13-4-2-1-3-5-13)14-6-8-15(9-7-14)18-10-16(18)11-19-12-18;/h1-9,16,19H,10-12H2;1H. The second-order valence-corrected chi connectivity index (χ2v) is 5.96. The van der Waals surface area contributed by atoms with Crippen LogP contribution in [0.4, 0.5) is 0 Å². The number of carbonyl (C=O) groups is 1. The molecule has 2 nitrogen and oxygen atoms in total. The Morgan fingerprint density at radius 2 is 1.67 bits per heavy atom. The van der Waals surface area contributed by atoms with Gasteiger partial charge in [-0.2, -0.15) is 0 Å². The van der Waals surface area contributed by atoms with Crippen LogP contribution in [0.5, 0.6) is 0 Å². The van der Waals surface area contributed by atoms with Gasteiger partial charge < -0.3 is 5.32 Å². The SMILES string of the molecule is Cl.O=C(c1ccccc1)c1ccc(C23CNCC2C3)cc1. The van der Waals surface area contributed by atoms with Crippen molar-refractivity contribution in [2.24, 2.45) is 5.92 Å². The fraction of sp³-hybridized carbons (Fsp3) is 0.278. The first-order chi connectivity index (χ1) is 9.79. The van der Waals surface area contributed by atoms with Crippen molar-refractivity contribution in [3.63, 3.8) is 0 Å². The summed E-state index contributed by atoms with van der Waals surface area (Å²) in [6, 6.07) is 17.7. The highest BCUT2D eigenvalue weighted by Gasteiger charge is 2.57. The Morgan fingerprint density at radius 1 is 1.00 bits per heavy atom. The van der Waals surface area contributed by atoms with Gasteiger partial charge >= 0.3 is 0 Å². The molecule has 1 N–H and O–H groups in total. The Labute approximate surface area is 131 Å². The highest BCUT2D eigenvalue weighted by molar-refractivity contribution is 6.08. The van der Waals surface area contributed by atoms with Gasteiger partial charge in [0.1, 0.15) is 0 Å². The predicted molar refractivity (Wildman–Crippen MR) is 86.2 cm³/mol. The first kappa shape index (κ1) is 14.3. The van der Waals surface area contributed by atoms with Crippen molar-refractivity contribution in [3.8, 4) is 0 Å². The number of fused-ring (bicyclic) bond motifs is 1. The largest absolute Gasteiger partial charge is 0.316 e.